The van der Waals surface area contributed by atoms with Gasteiger partial charge in [-0.2, -0.15) is 0 Å². The standard InChI is InChI=1S/C13H9ClF3NO2S/c14-10-2-1-3-11(15)9(10)7-18-21(19,20)8-4-5-12(16)13(17)6-8/h1-6,18H,7H2. The van der Waals surface area contributed by atoms with Crippen LogP contribution in [0.4, 0.5) is 13.2 Å². The lowest BCUT2D eigenvalue weighted by Gasteiger charge is -2.09. The van der Waals surface area contributed by atoms with E-state index in [9.17, 15) is 21.6 Å². The Morgan fingerprint density at radius 1 is 1.00 bits per heavy atom. The molecule has 1 N–H and O–H groups in total. The van der Waals surface area contributed by atoms with Gasteiger partial charge in [-0.15, -0.1) is 0 Å². The fraction of sp³-hybridized carbons (Fsp3) is 0.0769. The van der Waals surface area contributed by atoms with E-state index in [0.29, 0.717) is 12.1 Å². The van der Waals surface area contributed by atoms with Crippen molar-refractivity contribution in [2.45, 2.75) is 11.4 Å². The van der Waals surface area contributed by atoms with Gasteiger partial charge in [0.1, 0.15) is 5.82 Å². The van der Waals surface area contributed by atoms with Gasteiger partial charge in [0.15, 0.2) is 11.6 Å². The number of halogens is 4. The third-order valence-corrected chi connectivity index (χ3v) is 4.46. The maximum Gasteiger partial charge on any atom is 0.240 e. The van der Waals surface area contributed by atoms with Crippen LogP contribution in [0.1, 0.15) is 5.56 Å². The Kier molecular flexibility index (Phi) is 4.55. The van der Waals surface area contributed by atoms with E-state index in [2.05, 4.69) is 4.72 Å². The van der Waals surface area contributed by atoms with E-state index in [-0.39, 0.29) is 10.6 Å². The largest absolute Gasteiger partial charge is 0.240 e. The first kappa shape index (κ1) is 15.8. The third kappa shape index (κ3) is 3.55. The van der Waals surface area contributed by atoms with E-state index in [1.165, 1.54) is 12.1 Å². The van der Waals surface area contributed by atoms with Gasteiger partial charge in [-0.3, -0.25) is 0 Å². The molecule has 0 saturated heterocycles. The lowest BCUT2D eigenvalue weighted by atomic mass is 10.2. The van der Waals surface area contributed by atoms with Crippen molar-refractivity contribution in [2.75, 3.05) is 0 Å². The summed E-state index contributed by atoms with van der Waals surface area (Å²) in [5, 5.41) is 0.0583. The van der Waals surface area contributed by atoms with Crippen molar-refractivity contribution in [3.05, 3.63) is 64.4 Å². The van der Waals surface area contributed by atoms with Gasteiger partial charge in [-0.25, -0.2) is 26.3 Å². The minimum atomic E-state index is -4.11. The second-order valence-electron chi connectivity index (χ2n) is 4.10. The molecule has 3 nitrogen and oxygen atoms in total. The number of hydrogen-bond acceptors (Lipinski definition) is 2. The summed E-state index contributed by atoms with van der Waals surface area (Å²) >= 11 is 5.77. The fourth-order valence-corrected chi connectivity index (χ4v) is 2.83. The highest BCUT2D eigenvalue weighted by Crippen LogP contribution is 2.20. The summed E-state index contributed by atoms with van der Waals surface area (Å²) in [4.78, 5) is -0.464. The van der Waals surface area contributed by atoms with Gasteiger partial charge in [0, 0.05) is 17.1 Å². The Bertz CT molecular complexity index is 761. The van der Waals surface area contributed by atoms with E-state index in [4.69, 9.17) is 11.6 Å². The molecule has 0 saturated carbocycles. The van der Waals surface area contributed by atoms with Crippen LogP contribution in [0.15, 0.2) is 41.3 Å². The molecule has 112 valence electrons. The first-order valence-electron chi connectivity index (χ1n) is 5.69. The normalized spacial score (nSPS) is 11.6. The van der Waals surface area contributed by atoms with Crippen LogP contribution in [-0.4, -0.2) is 8.42 Å². The minimum absolute atomic E-state index is 0.0367. The zero-order valence-electron chi connectivity index (χ0n) is 10.4. The highest BCUT2D eigenvalue weighted by molar-refractivity contribution is 7.89. The van der Waals surface area contributed by atoms with Crippen LogP contribution in [0.25, 0.3) is 0 Å². The molecule has 0 bridgehead atoms. The molecular weight excluding hydrogens is 327 g/mol. The number of benzene rings is 2. The van der Waals surface area contributed by atoms with E-state index < -0.39 is 38.9 Å². The molecule has 0 heterocycles. The maximum absolute atomic E-state index is 13.5. The maximum atomic E-state index is 13.5. The molecule has 0 unspecified atom stereocenters. The molecule has 2 rings (SSSR count). The quantitative estimate of drug-likeness (QED) is 0.932. The van der Waals surface area contributed by atoms with Gasteiger partial charge in [-0.05, 0) is 30.3 Å². The summed E-state index contributed by atoms with van der Waals surface area (Å²) < 4.78 is 65.3. The topological polar surface area (TPSA) is 46.2 Å². The Balaban J connectivity index is 2.24. The summed E-state index contributed by atoms with van der Waals surface area (Å²) in [5.74, 6) is -3.12. The van der Waals surface area contributed by atoms with Crippen molar-refractivity contribution in [2.24, 2.45) is 0 Å². The molecule has 21 heavy (non-hydrogen) atoms. The monoisotopic (exact) mass is 335 g/mol. The highest BCUT2D eigenvalue weighted by atomic mass is 35.5. The number of sulfonamides is 1. The van der Waals surface area contributed by atoms with Crippen LogP contribution in [0.3, 0.4) is 0 Å². The second-order valence-corrected chi connectivity index (χ2v) is 6.27. The minimum Gasteiger partial charge on any atom is -0.207 e. The average molecular weight is 336 g/mol. The molecule has 0 amide bonds. The van der Waals surface area contributed by atoms with E-state index in [1.54, 1.807) is 0 Å². The molecule has 0 fully saturated rings. The predicted molar refractivity (Wildman–Crippen MR) is 71.8 cm³/mol. The van der Waals surface area contributed by atoms with Crippen LogP contribution >= 0.6 is 11.6 Å². The number of rotatable bonds is 4. The van der Waals surface area contributed by atoms with Gasteiger partial charge in [-0.1, -0.05) is 17.7 Å². The van der Waals surface area contributed by atoms with Crippen LogP contribution in [-0.2, 0) is 16.6 Å². The van der Waals surface area contributed by atoms with Crippen LogP contribution in [0, 0.1) is 17.5 Å². The Labute approximate surface area is 124 Å². The van der Waals surface area contributed by atoms with Crippen LogP contribution in [0.5, 0.6) is 0 Å². The van der Waals surface area contributed by atoms with Crippen molar-refractivity contribution < 1.29 is 21.6 Å². The summed E-state index contributed by atoms with van der Waals surface area (Å²) in [5.41, 5.74) is -0.0367. The fourth-order valence-electron chi connectivity index (χ4n) is 1.60. The van der Waals surface area contributed by atoms with E-state index in [0.717, 1.165) is 12.1 Å². The van der Waals surface area contributed by atoms with Crippen molar-refractivity contribution in [3.63, 3.8) is 0 Å². The molecule has 8 heteroatoms. The first-order chi connectivity index (χ1) is 9.81. The molecular formula is C13H9ClF3NO2S. The van der Waals surface area contributed by atoms with Crippen LogP contribution in [0.2, 0.25) is 5.02 Å². The Hall–Kier alpha value is -1.57. The van der Waals surface area contributed by atoms with Gasteiger partial charge >= 0.3 is 0 Å². The molecule has 0 spiro atoms. The van der Waals surface area contributed by atoms with Crippen LogP contribution < -0.4 is 4.72 Å². The molecule has 0 atom stereocenters. The zero-order valence-corrected chi connectivity index (χ0v) is 12.0. The molecule has 0 aliphatic rings. The van der Waals surface area contributed by atoms with Crippen molar-refractivity contribution in [1.29, 1.82) is 0 Å². The second kappa shape index (κ2) is 6.05. The van der Waals surface area contributed by atoms with Crippen molar-refractivity contribution >= 4 is 21.6 Å². The third-order valence-electron chi connectivity index (χ3n) is 2.70. The van der Waals surface area contributed by atoms with Gasteiger partial charge < -0.3 is 0 Å². The summed E-state index contributed by atoms with van der Waals surface area (Å²) in [6.07, 6.45) is 0. The zero-order chi connectivity index (χ0) is 15.6. The van der Waals surface area contributed by atoms with Gasteiger partial charge in [0.2, 0.25) is 10.0 Å². The molecule has 2 aromatic carbocycles. The molecule has 0 radical (unpaired) electrons. The molecule has 0 aromatic heterocycles. The van der Waals surface area contributed by atoms with E-state index in [1.807, 2.05) is 0 Å². The van der Waals surface area contributed by atoms with Gasteiger partial charge in [0.05, 0.1) is 4.90 Å². The number of hydrogen-bond donors (Lipinski definition) is 1. The van der Waals surface area contributed by atoms with Crippen molar-refractivity contribution in [3.8, 4) is 0 Å². The predicted octanol–water partition coefficient (Wildman–Crippen LogP) is 3.24. The summed E-state index contributed by atoms with van der Waals surface area (Å²) in [6.45, 7) is -0.410. The average Bonchev–Trinajstić information content (AvgIpc) is 2.41. The Morgan fingerprint density at radius 2 is 1.71 bits per heavy atom. The summed E-state index contributed by atoms with van der Waals surface area (Å²) in [6, 6.07) is 6.06. The van der Waals surface area contributed by atoms with Crippen molar-refractivity contribution in [1.82, 2.24) is 4.72 Å². The van der Waals surface area contributed by atoms with E-state index >= 15 is 0 Å². The highest BCUT2D eigenvalue weighted by Gasteiger charge is 2.18. The molecule has 0 aliphatic carbocycles. The summed E-state index contributed by atoms with van der Waals surface area (Å²) in [7, 11) is -4.11. The smallest absolute Gasteiger partial charge is 0.207 e. The van der Waals surface area contributed by atoms with Gasteiger partial charge in [0.25, 0.3) is 0 Å². The lowest BCUT2D eigenvalue weighted by molar-refractivity contribution is 0.504. The first-order valence-corrected chi connectivity index (χ1v) is 7.55. The molecule has 2 aromatic rings. The molecule has 0 aliphatic heterocycles. The Morgan fingerprint density at radius 3 is 2.33 bits per heavy atom. The number of nitrogens with one attached hydrogen (secondary N) is 1. The SMILES string of the molecule is O=S(=O)(NCc1c(F)cccc1Cl)c1ccc(F)c(F)c1. The lowest BCUT2D eigenvalue weighted by Crippen LogP contribution is -2.24.